The van der Waals surface area contributed by atoms with Crippen molar-refractivity contribution in [1.82, 2.24) is 0 Å². The molecule has 0 aromatic rings. The van der Waals surface area contributed by atoms with Crippen LogP contribution >= 0.6 is 0 Å². The summed E-state index contributed by atoms with van der Waals surface area (Å²) >= 11 is 0. The first-order chi connectivity index (χ1) is 14.6. The third-order valence-corrected chi connectivity index (χ3v) is 9.80. The molecule has 0 nitrogen and oxygen atoms in total. The Balaban J connectivity index is 1.44. The van der Waals surface area contributed by atoms with E-state index in [1.165, 1.54) is 77.0 Å². The van der Waals surface area contributed by atoms with Crippen molar-refractivity contribution in [1.29, 1.82) is 0 Å². The van der Waals surface area contributed by atoms with Crippen LogP contribution in [0.4, 0.5) is 0 Å². The van der Waals surface area contributed by atoms with E-state index in [4.69, 9.17) is 0 Å². The Labute approximate surface area is 188 Å². The summed E-state index contributed by atoms with van der Waals surface area (Å²) in [7, 11) is 0. The Hall–Kier alpha value is -0.520. The van der Waals surface area contributed by atoms with Crippen molar-refractivity contribution in [3.63, 3.8) is 0 Å². The topological polar surface area (TPSA) is 0 Å². The normalized spacial score (nSPS) is 41.4. The van der Waals surface area contributed by atoms with Gasteiger partial charge in [-0.2, -0.15) is 0 Å². The van der Waals surface area contributed by atoms with Crippen LogP contribution in [-0.2, 0) is 0 Å². The lowest BCUT2D eigenvalue weighted by atomic mass is 9.63. The third-order valence-electron chi connectivity index (χ3n) is 9.80. The van der Waals surface area contributed by atoms with Crippen LogP contribution in [0.1, 0.15) is 112 Å². The Morgan fingerprint density at radius 3 is 2.13 bits per heavy atom. The van der Waals surface area contributed by atoms with Gasteiger partial charge in [-0.1, -0.05) is 103 Å². The monoisotopic (exact) mass is 410 g/mol. The van der Waals surface area contributed by atoms with Gasteiger partial charge in [0.15, 0.2) is 0 Å². The lowest BCUT2D eigenvalue weighted by Gasteiger charge is -2.42. The van der Waals surface area contributed by atoms with Gasteiger partial charge >= 0.3 is 0 Å². The molecule has 2 fully saturated rings. The van der Waals surface area contributed by atoms with Gasteiger partial charge in [-0.3, -0.25) is 0 Å². The second-order valence-corrected chi connectivity index (χ2v) is 11.9. The van der Waals surface area contributed by atoms with E-state index in [9.17, 15) is 0 Å². The molecule has 0 aromatic heterocycles. The van der Waals surface area contributed by atoms with E-state index in [1.807, 2.05) is 5.57 Å². The molecule has 0 radical (unpaired) electrons. The zero-order valence-corrected chi connectivity index (χ0v) is 20.8. The second kappa shape index (κ2) is 9.54. The highest BCUT2D eigenvalue weighted by molar-refractivity contribution is 5.34. The van der Waals surface area contributed by atoms with Crippen molar-refractivity contribution in [2.24, 2.45) is 52.8 Å². The number of hydrogen-bond donors (Lipinski definition) is 0. The highest BCUT2D eigenvalue weighted by Gasteiger charge is 2.69. The minimum Gasteiger partial charge on any atom is -0.0842 e. The Morgan fingerprint density at radius 2 is 1.57 bits per heavy atom. The largest absolute Gasteiger partial charge is 0.0842 e. The van der Waals surface area contributed by atoms with E-state index in [0.717, 1.165) is 47.3 Å². The van der Waals surface area contributed by atoms with Crippen molar-refractivity contribution < 1.29 is 0 Å². The van der Waals surface area contributed by atoms with Crippen LogP contribution in [0.5, 0.6) is 0 Å². The molecule has 4 aliphatic carbocycles. The number of rotatable bonds is 13. The second-order valence-electron chi connectivity index (χ2n) is 11.9. The molecule has 0 saturated heterocycles. The molecule has 4 aliphatic rings. The molecule has 8 unspecified atom stereocenters. The Kier molecular flexibility index (Phi) is 7.21. The zero-order chi connectivity index (χ0) is 21.3. The predicted octanol–water partition coefficient (Wildman–Crippen LogP) is 9.22. The summed E-state index contributed by atoms with van der Waals surface area (Å²) in [5, 5.41) is 0. The standard InChI is InChI=1S/C30H50/c1-6-9-11-13-15-27-26(14-12-10-7-2)29(27)30-19-22(8-3)28(18-23(30)20-30)25-17-16-24(25)21(4)5/h16-17,19,21,23-29H,6-15,18,20H2,1-5H3. The molecule has 0 N–H and O–H groups in total. The average molecular weight is 411 g/mol. The van der Waals surface area contributed by atoms with Crippen LogP contribution in [0, 0.1) is 52.8 Å². The van der Waals surface area contributed by atoms with Gasteiger partial charge in [-0.15, -0.1) is 0 Å². The Bertz CT molecular complexity index is 624. The summed E-state index contributed by atoms with van der Waals surface area (Å²) in [5.74, 6) is 7.59. The molecule has 0 aliphatic heterocycles. The van der Waals surface area contributed by atoms with Gasteiger partial charge < -0.3 is 0 Å². The maximum atomic E-state index is 2.92. The van der Waals surface area contributed by atoms with Crippen LogP contribution in [0.3, 0.4) is 0 Å². The van der Waals surface area contributed by atoms with E-state index >= 15 is 0 Å². The van der Waals surface area contributed by atoms with Crippen molar-refractivity contribution >= 4 is 0 Å². The van der Waals surface area contributed by atoms with Gasteiger partial charge in [0, 0.05) is 0 Å². The number of unbranched alkanes of at least 4 members (excludes halogenated alkanes) is 5. The maximum absolute atomic E-state index is 2.92. The summed E-state index contributed by atoms with van der Waals surface area (Å²) in [6.07, 6.45) is 25.5. The van der Waals surface area contributed by atoms with E-state index in [-0.39, 0.29) is 0 Å². The number of hydrogen-bond acceptors (Lipinski definition) is 0. The fraction of sp³-hybridized carbons (Fsp3) is 0.867. The smallest absolute Gasteiger partial charge is 0.00500 e. The minimum atomic E-state index is 0.648. The van der Waals surface area contributed by atoms with E-state index in [1.54, 1.807) is 0 Å². The van der Waals surface area contributed by atoms with Crippen LogP contribution in [0.2, 0.25) is 0 Å². The summed E-state index contributed by atoms with van der Waals surface area (Å²) in [6.45, 7) is 12.0. The SMILES string of the molecule is CCCCCCC1C(CCCCC)C1C12C=C(CC)C(C3C=CC3C(C)C)CC1C2. The summed E-state index contributed by atoms with van der Waals surface area (Å²) < 4.78 is 0. The van der Waals surface area contributed by atoms with Crippen LogP contribution in [-0.4, -0.2) is 0 Å². The molecule has 4 rings (SSSR count). The molecule has 8 atom stereocenters. The van der Waals surface area contributed by atoms with Gasteiger partial charge in [-0.25, -0.2) is 0 Å². The quantitative estimate of drug-likeness (QED) is 0.210. The Morgan fingerprint density at radius 1 is 0.900 bits per heavy atom. The van der Waals surface area contributed by atoms with Gasteiger partial charge in [0.05, 0.1) is 0 Å². The van der Waals surface area contributed by atoms with Crippen LogP contribution in [0.15, 0.2) is 23.8 Å². The van der Waals surface area contributed by atoms with Gasteiger partial charge in [-0.05, 0) is 84.9 Å². The first kappa shape index (κ1) is 22.7. The molecular weight excluding hydrogens is 360 g/mol. The van der Waals surface area contributed by atoms with Crippen molar-refractivity contribution in [2.45, 2.75) is 112 Å². The molecule has 30 heavy (non-hydrogen) atoms. The van der Waals surface area contributed by atoms with Gasteiger partial charge in [0.1, 0.15) is 0 Å². The van der Waals surface area contributed by atoms with Crippen molar-refractivity contribution in [3.8, 4) is 0 Å². The van der Waals surface area contributed by atoms with E-state index in [0.29, 0.717) is 5.41 Å². The number of allylic oxidation sites excluding steroid dienone is 4. The zero-order valence-electron chi connectivity index (χ0n) is 20.8. The molecule has 0 spiro atoms. The average Bonchev–Trinajstić information content (AvgIpc) is 3.57. The molecule has 0 heterocycles. The third kappa shape index (κ3) is 4.23. The highest BCUT2D eigenvalue weighted by atomic mass is 14.7. The fourth-order valence-electron chi connectivity index (χ4n) is 7.93. The summed E-state index contributed by atoms with van der Waals surface area (Å²) in [4.78, 5) is 0. The molecule has 2 saturated carbocycles. The lowest BCUT2D eigenvalue weighted by Crippen LogP contribution is -2.34. The fourth-order valence-corrected chi connectivity index (χ4v) is 7.93. The van der Waals surface area contributed by atoms with E-state index in [2.05, 4.69) is 52.8 Å². The molecule has 0 amide bonds. The predicted molar refractivity (Wildman–Crippen MR) is 131 cm³/mol. The van der Waals surface area contributed by atoms with Crippen molar-refractivity contribution in [2.75, 3.05) is 0 Å². The molecule has 0 aromatic carbocycles. The molecule has 0 bridgehead atoms. The molecule has 170 valence electrons. The molecular formula is C30H50. The van der Waals surface area contributed by atoms with Crippen LogP contribution in [0.25, 0.3) is 0 Å². The first-order valence-electron chi connectivity index (χ1n) is 14.0. The highest BCUT2D eigenvalue weighted by Crippen LogP contribution is 2.76. The van der Waals surface area contributed by atoms with Gasteiger partial charge in [0.25, 0.3) is 0 Å². The summed E-state index contributed by atoms with van der Waals surface area (Å²) in [5.41, 5.74) is 2.50. The van der Waals surface area contributed by atoms with Gasteiger partial charge in [0.2, 0.25) is 0 Å². The maximum Gasteiger partial charge on any atom is -0.00500 e. The minimum absolute atomic E-state index is 0.648. The number of fused-ring (bicyclic) bond motifs is 1. The van der Waals surface area contributed by atoms with Crippen LogP contribution < -0.4 is 0 Å². The first-order valence-corrected chi connectivity index (χ1v) is 14.0. The molecule has 0 heteroatoms. The van der Waals surface area contributed by atoms with Crippen molar-refractivity contribution in [3.05, 3.63) is 23.8 Å². The lowest BCUT2D eigenvalue weighted by molar-refractivity contribution is 0.221. The summed E-state index contributed by atoms with van der Waals surface area (Å²) in [6, 6.07) is 0. The van der Waals surface area contributed by atoms with E-state index < -0.39 is 0 Å².